The van der Waals surface area contributed by atoms with Crippen LogP contribution in [-0.2, 0) is 11.2 Å². The van der Waals surface area contributed by atoms with E-state index < -0.39 is 21.6 Å². The van der Waals surface area contributed by atoms with Gasteiger partial charge in [-0.15, -0.1) is 0 Å². The van der Waals surface area contributed by atoms with E-state index in [4.69, 9.17) is 39.9 Å². The number of carbonyl (C=O) groups is 1. The molecule has 0 bridgehead atoms. The molecule has 7 heteroatoms. The first-order chi connectivity index (χ1) is 9.84. The molecule has 0 spiro atoms. The Labute approximate surface area is 137 Å². The number of alkyl halides is 3. The Bertz CT molecular complexity index is 489. The van der Waals surface area contributed by atoms with E-state index in [0.29, 0.717) is 0 Å². The van der Waals surface area contributed by atoms with E-state index in [9.17, 15) is 9.18 Å². The molecular formula is C14H15Cl3FNO2. The van der Waals surface area contributed by atoms with Gasteiger partial charge in [-0.25, -0.2) is 4.39 Å². The van der Waals surface area contributed by atoms with Gasteiger partial charge in [0.1, 0.15) is 5.83 Å². The van der Waals surface area contributed by atoms with Gasteiger partial charge >= 0.3 is 0 Å². The molecule has 1 amide bonds. The van der Waals surface area contributed by atoms with Gasteiger partial charge in [0.15, 0.2) is 0 Å². The topological polar surface area (TPSA) is 49.3 Å². The van der Waals surface area contributed by atoms with Crippen molar-refractivity contribution in [2.75, 3.05) is 6.61 Å². The highest BCUT2D eigenvalue weighted by atomic mass is 35.6. The summed E-state index contributed by atoms with van der Waals surface area (Å²) in [6.07, 6.45) is 1.55. The number of amides is 1. The molecule has 0 heterocycles. The van der Waals surface area contributed by atoms with Gasteiger partial charge in [-0.1, -0.05) is 65.1 Å². The lowest BCUT2D eigenvalue weighted by atomic mass is 10.0. The molecule has 0 aliphatic carbocycles. The van der Waals surface area contributed by atoms with Gasteiger partial charge in [0.25, 0.3) is 9.70 Å². The molecule has 1 rings (SSSR count). The van der Waals surface area contributed by atoms with Gasteiger partial charge in [-0.05, 0) is 24.5 Å². The zero-order valence-electron chi connectivity index (χ0n) is 11.0. The molecule has 0 saturated carbocycles. The smallest absolute Gasteiger partial charge is 0.272 e. The summed E-state index contributed by atoms with van der Waals surface area (Å²) in [6, 6.07) is 8.08. The number of aliphatic hydroxyl groups is 1. The summed E-state index contributed by atoms with van der Waals surface area (Å²) in [5, 5.41) is 11.1. The van der Waals surface area contributed by atoms with Crippen LogP contribution in [0.1, 0.15) is 12.0 Å². The van der Waals surface area contributed by atoms with Gasteiger partial charge in [-0.3, -0.25) is 4.79 Å². The van der Waals surface area contributed by atoms with Crippen molar-refractivity contribution in [2.45, 2.75) is 22.7 Å². The number of halogens is 4. The van der Waals surface area contributed by atoms with Crippen molar-refractivity contribution >= 4 is 40.7 Å². The fourth-order valence-corrected chi connectivity index (χ4v) is 1.82. The number of hydrogen-bond donors (Lipinski definition) is 2. The standard InChI is InChI=1S/C14H15Cl3FNO2/c15-14(16,17)13(21)19-12(11(18)7-4-8-20)9-10-5-2-1-3-6-10/h1-3,5-7,12,20H,4,8-9H2,(H,19,21)/b11-7-/t12-/m1/s1. The zero-order chi connectivity index (χ0) is 15.9. The second kappa shape index (κ2) is 8.59. The Kier molecular flexibility index (Phi) is 7.46. The molecule has 116 valence electrons. The molecule has 1 atom stereocenters. The van der Waals surface area contributed by atoms with Crippen LogP contribution in [0.15, 0.2) is 42.2 Å². The van der Waals surface area contributed by atoms with Gasteiger partial charge < -0.3 is 10.4 Å². The van der Waals surface area contributed by atoms with Crippen LogP contribution in [0.2, 0.25) is 0 Å². The van der Waals surface area contributed by atoms with Gasteiger partial charge in [-0.2, -0.15) is 0 Å². The minimum Gasteiger partial charge on any atom is -0.396 e. The van der Waals surface area contributed by atoms with Crippen molar-refractivity contribution in [3.63, 3.8) is 0 Å². The molecule has 0 aromatic heterocycles. The Balaban J connectivity index is 2.87. The second-order valence-corrected chi connectivity index (χ2v) is 6.60. The summed E-state index contributed by atoms with van der Waals surface area (Å²) < 4.78 is 11.9. The Morgan fingerprint density at radius 1 is 1.33 bits per heavy atom. The zero-order valence-corrected chi connectivity index (χ0v) is 13.3. The van der Waals surface area contributed by atoms with Crippen LogP contribution in [0.3, 0.4) is 0 Å². The summed E-state index contributed by atoms with van der Waals surface area (Å²) in [6.45, 7) is -0.191. The van der Waals surface area contributed by atoms with E-state index in [-0.39, 0.29) is 19.4 Å². The highest BCUT2D eigenvalue weighted by Gasteiger charge is 2.33. The molecule has 21 heavy (non-hydrogen) atoms. The Hall–Kier alpha value is -0.810. The molecule has 0 aliphatic heterocycles. The molecule has 2 N–H and O–H groups in total. The average Bonchev–Trinajstić information content (AvgIpc) is 2.44. The van der Waals surface area contributed by atoms with Gasteiger partial charge in [0, 0.05) is 6.61 Å². The monoisotopic (exact) mass is 353 g/mol. The van der Waals surface area contributed by atoms with E-state index >= 15 is 0 Å². The van der Waals surface area contributed by atoms with Crippen molar-refractivity contribution in [3.8, 4) is 0 Å². The number of aliphatic hydroxyl groups excluding tert-OH is 1. The SMILES string of the molecule is O=C(N[C@H](Cc1ccccc1)/C(F)=C/CCO)C(Cl)(Cl)Cl. The molecule has 1 aromatic carbocycles. The van der Waals surface area contributed by atoms with Crippen molar-refractivity contribution in [1.82, 2.24) is 5.32 Å². The maximum atomic E-state index is 14.1. The molecule has 0 unspecified atom stereocenters. The van der Waals surface area contributed by atoms with Crippen LogP contribution >= 0.6 is 34.8 Å². The third-order valence-corrected chi connectivity index (χ3v) is 3.16. The summed E-state index contributed by atoms with van der Waals surface area (Å²) >= 11 is 16.4. The summed E-state index contributed by atoms with van der Waals surface area (Å²) in [4.78, 5) is 11.7. The normalized spacial score (nSPS) is 13.9. The van der Waals surface area contributed by atoms with Crippen LogP contribution in [0.25, 0.3) is 0 Å². The van der Waals surface area contributed by atoms with Crippen LogP contribution in [0.5, 0.6) is 0 Å². The summed E-state index contributed by atoms with van der Waals surface area (Å²) in [7, 11) is 0. The van der Waals surface area contributed by atoms with E-state index in [1.54, 1.807) is 24.3 Å². The maximum absolute atomic E-state index is 14.1. The number of rotatable bonds is 6. The van der Waals surface area contributed by atoms with Gasteiger partial charge in [0.05, 0.1) is 6.04 Å². The maximum Gasteiger partial charge on any atom is 0.272 e. The first-order valence-corrected chi connectivity index (χ1v) is 7.36. The average molecular weight is 355 g/mol. The lowest BCUT2D eigenvalue weighted by Gasteiger charge is -2.20. The first kappa shape index (κ1) is 18.2. The van der Waals surface area contributed by atoms with Crippen molar-refractivity contribution < 1.29 is 14.3 Å². The van der Waals surface area contributed by atoms with E-state index in [2.05, 4.69) is 5.32 Å². The molecule has 3 nitrogen and oxygen atoms in total. The molecule has 0 aliphatic rings. The Morgan fingerprint density at radius 3 is 2.48 bits per heavy atom. The van der Waals surface area contributed by atoms with Crippen molar-refractivity contribution in [2.24, 2.45) is 0 Å². The highest BCUT2D eigenvalue weighted by molar-refractivity contribution is 6.76. The summed E-state index contributed by atoms with van der Waals surface area (Å²) in [5.41, 5.74) is 0.819. The lowest BCUT2D eigenvalue weighted by Crippen LogP contribution is -2.43. The number of nitrogens with one attached hydrogen (secondary N) is 1. The number of carbonyl (C=O) groups excluding carboxylic acids is 1. The number of benzene rings is 1. The van der Waals surface area contributed by atoms with Crippen LogP contribution in [0, 0.1) is 0 Å². The van der Waals surface area contributed by atoms with E-state index in [1.165, 1.54) is 6.08 Å². The van der Waals surface area contributed by atoms with Crippen molar-refractivity contribution in [3.05, 3.63) is 47.8 Å². The Morgan fingerprint density at radius 2 is 1.95 bits per heavy atom. The molecular weight excluding hydrogens is 340 g/mol. The fraction of sp³-hybridized carbons (Fsp3) is 0.357. The minimum atomic E-state index is -2.16. The van der Waals surface area contributed by atoms with Gasteiger partial charge in [0.2, 0.25) is 0 Å². The highest BCUT2D eigenvalue weighted by Crippen LogP contribution is 2.26. The largest absolute Gasteiger partial charge is 0.396 e. The van der Waals surface area contributed by atoms with Crippen LogP contribution < -0.4 is 5.32 Å². The third-order valence-electron chi connectivity index (χ3n) is 2.65. The number of hydrogen-bond acceptors (Lipinski definition) is 2. The molecule has 0 radical (unpaired) electrons. The third kappa shape index (κ3) is 6.66. The minimum absolute atomic E-state index is 0.140. The van der Waals surface area contributed by atoms with Crippen LogP contribution in [-0.4, -0.2) is 27.5 Å². The molecule has 1 aromatic rings. The van der Waals surface area contributed by atoms with Crippen LogP contribution in [0.4, 0.5) is 4.39 Å². The molecule has 0 saturated heterocycles. The van der Waals surface area contributed by atoms with E-state index in [0.717, 1.165) is 5.56 Å². The lowest BCUT2D eigenvalue weighted by molar-refractivity contribution is -0.120. The quantitative estimate of drug-likeness (QED) is 0.770. The predicted octanol–water partition coefficient (Wildman–Crippen LogP) is 3.32. The fourth-order valence-electron chi connectivity index (χ4n) is 1.65. The summed E-state index contributed by atoms with van der Waals surface area (Å²) in [5.74, 6) is -1.49. The predicted molar refractivity (Wildman–Crippen MR) is 83.3 cm³/mol. The first-order valence-electron chi connectivity index (χ1n) is 6.22. The second-order valence-electron chi connectivity index (χ2n) is 4.31. The molecule has 0 fully saturated rings. The van der Waals surface area contributed by atoms with E-state index in [1.807, 2.05) is 6.07 Å². The van der Waals surface area contributed by atoms with Crippen molar-refractivity contribution in [1.29, 1.82) is 0 Å².